The molecule has 0 aliphatic rings. The zero-order valence-corrected chi connectivity index (χ0v) is 8.11. The third-order valence-corrected chi connectivity index (χ3v) is 2.10. The maximum Gasteiger partial charge on any atom is 0.390 e. The molecule has 0 aromatic rings. The number of nitrogens with one attached hydrogen (secondary N) is 1. The monoisotopic (exact) mass is 213 g/mol. The molecule has 0 saturated carbocycles. The third-order valence-electron chi connectivity index (χ3n) is 2.10. The molecule has 3 nitrogen and oxygen atoms in total. The van der Waals surface area contributed by atoms with E-state index in [1.165, 1.54) is 6.92 Å². The Balaban J connectivity index is 4.04. The van der Waals surface area contributed by atoms with Crippen LogP contribution in [-0.2, 0) is 4.79 Å². The second-order valence-electron chi connectivity index (χ2n) is 3.28. The van der Waals surface area contributed by atoms with Gasteiger partial charge in [0.05, 0.1) is 6.42 Å². The summed E-state index contributed by atoms with van der Waals surface area (Å²) in [4.78, 5) is 10.7. The summed E-state index contributed by atoms with van der Waals surface area (Å²) in [6, 6.07) is 0. The van der Waals surface area contributed by atoms with Crippen LogP contribution in [0.1, 0.15) is 26.7 Å². The minimum Gasteiger partial charge on any atom is -0.480 e. The Labute approximate surface area is 80.3 Å². The SMILES string of the molecule is CCC(C)(NCCC(F)(F)F)C(=O)O. The standard InChI is InChI=1S/C8H14F3NO2/c1-3-7(2,6(13)14)12-5-4-8(9,10)11/h12H,3-5H2,1-2H3,(H,13,14). The molecule has 84 valence electrons. The molecule has 0 aliphatic heterocycles. The lowest BCUT2D eigenvalue weighted by Crippen LogP contribution is -2.49. The summed E-state index contributed by atoms with van der Waals surface area (Å²) in [5.74, 6) is -1.14. The molecule has 0 saturated heterocycles. The molecule has 2 N–H and O–H groups in total. The highest BCUT2D eigenvalue weighted by Gasteiger charge is 2.33. The van der Waals surface area contributed by atoms with Crippen molar-refractivity contribution >= 4 is 5.97 Å². The van der Waals surface area contributed by atoms with Crippen LogP contribution in [0.2, 0.25) is 0 Å². The average Bonchev–Trinajstić information content (AvgIpc) is 2.01. The highest BCUT2D eigenvalue weighted by Crippen LogP contribution is 2.19. The molecule has 0 bridgehead atoms. The Bertz CT molecular complexity index is 205. The van der Waals surface area contributed by atoms with Gasteiger partial charge in [0.2, 0.25) is 0 Å². The molecule has 0 aromatic heterocycles. The van der Waals surface area contributed by atoms with Crippen LogP contribution in [0.25, 0.3) is 0 Å². The third kappa shape index (κ3) is 4.45. The Kier molecular flexibility index (Phi) is 4.38. The van der Waals surface area contributed by atoms with E-state index in [0.29, 0.717) is 0 Å². The molecule has 0 rings (SSSR count). The van der Waals surface area contributed by atoms with E-state index in [2.05, 4.69) is 5.32 Å². The maximum atomic E-state index is 11.7. The summed E-state index contributed by atoms with van der Waals surface area (Å²) in [5.41, 5.74) is -1.27. The van der Waals surface area contributed by atoms with Gasteiger partial charge in [-0.25, -0.2) is 0 Å². The molecule has 1 atom stereocenters. The first-order chi connectivity index (χ1) is 6.21. The van der Waals surface area contributed by atoms with E-state index in [1.807, 2.05) is 0 Å². The van der Waals surface area contributed by atoms with Crippen molar-refractivity contribution in [1.82, 2.24) is 5.32 Å². The van der Waals surface area contributed by atoms with Crippen molar-refractivity contribution in [3.8, 4) is 0 Å². The molecular formula is C8H14F3NO2. The van der Waals surface area contributed by atoms with Crippen molar-refractivity contribution < 1.29 is 23.1 Å². The van der Waals surface area contributed by atoms with E-state index in [9.17, 15) is 18.0 Å². The van der Waals surface area contributed by atoms with E-state index in [1.54, 1.807) is 6.92 Å². The minimum absolute atomic E-state index is 0.236. The van der Waals surface area contributed by atoms with Gasteiger partial charge >= 0.3 is 12.1 Å². The first-order valence-corrected chi connectivity index (χ1v) is 4.26. The zero-order valence-electron chi connectivity index (χ0n) is 8.11. The van der Waals surface area contributed by atoms with Gasteiger partial charge in [-0.1, -0.05) is 6.92 Å². The van der Waals surface area contributed by atoms with Gasteiger partial charge in [-0.15, -0.1) is 0 Å². The highest BCUT2D eigenvalue weighted by atomic mass is 19.4. The number of rotatable bonds is 5. The fourth-order valence-electron chi connectivity index (χ4n) is 0.832. The molecule has 0 spiro atoms. The lowest BCUT2D eigenvalue weighted by atomic mass is 9.99. The minimum atomic E-state index is -4.25. The van der Waals surface area contributed by atoms with Crippen molar-refractivity contribution in [2.24, 2.45) is 0 Å². The second kappa shape index (κ2) is 4.63. The van der Waals surface area contributed by atoms with Gasteiger partial charge in [0, 0.05) is 6.54 Å². The summed E-state index contributed by atoms with van der Waals surface area (Å²) in [5, 5.41) is 11.1. The Morgan fingerprint density at radius 2 is 1.93 bits per heavy atom. The van der Waals surface area contributed by atoms with Gasteiger partial charge < -0.3 is 10.4 Å². The fraction of sp³-hybridized carbons (Fsp3) is 0.875. The van der Waals surface area contributed by atoms with E-state index in [0.717, 1.165) is 0 Å². The lowest BCUT2D eigenvalue weighted by molar-refractivity contribution is -0.147. The molecule has 0 heterocycles. The number of halogens is 3. The van der Waals surface area contributed by atoms with E-state index in [4.69, 9.17) is 5.11 Å². The van der Waals surface area contributed by atoms with Crippen molar-refractivity contribution in [1.29, 1.82) is 0 Å². The molecule has 0 aromatic carbocycles. The largest absolute Gasteiger partial charge is 0.480 e. The van der Waals surface area contributed by atoms with Gasteiger partial charge in [0.25, 0.3) is 0 Å². The zero-order chi connectivity index (χ0) is 11.4. The summed E-state index contributed by atoms with van der Waals surface area (Å²) >= 11 is 0. The van der Waals surface area contributed by atoms with E-state index < -0.39 is 24.1 Å². The first-order valence-electron chi connectivity index (χ1n) is 4.26. The van der Waals surface area contributed by atoms with Crippen LogP contribution in [-0.4, -0.2) is 29.3 Å². The lowest BCUT2D eigenvalue weighted by Gasteiger charge is -2.24. The van der Waals surface area contributed by atoms with Crippen LogP contribution in [0, 0.1) is 0 Å². The molecule has 1 unspecified atom stereocenters. The van der Waals surface area contributed by atoms with Crippen LogP contribution < -0.4 is 5.32 Å². The van der Waals surface area contributed by atoms with Gasteiger partial charge in [0.15, 0.2) is 0 Å². The van der Waals surface area contributed by atoms with Gasteiger partial charge in [-0.3, -0.25) is 4.79 Å². The molecule has 0 aliphatic carbocycles. The van der Waals surface area contributed by atoms with E-state index >= 15 is 0 Å². The second-order valence-corrected chi connectivity index (χ2v) is 3.28. The smallest absolute Gasteiger partial charge is 0.390 e. The normalized spacial score (nSPS) is 16.4. The van der Waals surface area contributed by atoms with Crippen molar-refractivity contribution in [3.05, 3.63) is 0 Å². The van der Waals surface area contributed by atoms with Gasteiger partial charge in [-0.05, 0) is 13.3 Å². The number of aliphatic carboxylic acids is 1. The summed E-state index contributed by atoms with van der Waals surface area (Å²) < 4.78 is 35.2. The molecule has 0 radical (unpaired) electrons. The summed E-state index contributed by atoms with van der Waals surface area (Å²) in [6.45, 7) is 2.60. The number of alkyl halides is 3. The quantitative estimate of drug-likeness (QED) is 0.731. The predicted molar refractivity (Wildman–Crippen MR) is 45.0 cm³/mol. The Morgan fingerprint density at radius 3 is 2.21 bits per heavy atom. The average molecular weight is 213 g/mol. The van der Waals surface area contributed by atoms with E-state index in [-0.39, 0.29) is 13.0 Å². The maximum absolute atomic E-state index is 11.7. The first kappa shape index (κ1) is 13.2. The molecule has 6 heteroatoms. The van der Waals surface area contributed by atoms with Gasteiger partial charge in [-0.2, -0.15) is 13.2 Å². The Morgan fingerprint density at radius 1 is 1.43 bits per heavy atom. The van der Waals surface area contributed by atoms with Crippen LogP contribution in [0.3, 0.4) is 0 Å². The van der Waals surface area contributed by atoms with Crippen LogP contribution in [0.4, 0.5) is 13.2 Å². The number of hydrogen-bond acceptors (Lipinski definition) is 2. The van der Waals surface area contributed by atoms with Crippen LogP contribution >= 0.6 is 0 Å². The van der Waals surface area contributed by atoms with Crippen molar-refractivity contribution in [2.45, 2.75) is 38.4 Å². The summed E-state index contributed by atoms with van der Waals surface area (Å²) in [7, 11) is 0. The number of carbonyl (C=O) groups is 1. The van der Waals surface area contributed by atoms with Gasteiger partial charge in [0.1, 0.15) is 5.54 Å². The number of hydrogen-bond donors (Lipinski definition) is 2. The Hall–Kier alpha value is -0.780. The summed E-state index contributed by atoms with van der Waals surface area (Å²) in [6.07, 6.45) is -5.03. The molecule has 14 heavy (non-hydrogen) atoms. The predicted octanol–water partition coefficient (Wildman–Crippen LogP) is 1.78. The molecular weight excluding hydrogens is 199 g/mol. The number of carboxylic acids is 1. The fourth-order valence-corrected chi connectivity index (χ4v) is 0.832. The van der Waals surface area contributed by atoms with Crippen molar-refractivity contribution in [3.63, 3.8) is 0 Å². The van der Waals surface area contributed by atoms with Crippen LogP contribution in [0.15, 0.2) is 0 Å². The van der Waals surface area contributed by atoms with Crippen molar-refractivity contribution in [2.75, 3.05) is 6.54 Å². The molecule has 0 fully saturated rings. The number of carboxylic acid groups (broad SMARTS) is 1. The molecule has 0 amide bonds. The highest BCUT2D eigenvalue weighted by molar-refractivity contribution is 5.78. The topological polar surface area (TPSA) is 49.3 Å². The van der Waals surface area contributed by atoms with Crippen LogP contribution in [0.5, 0.6) is 0 Å².